The Labute approximate surface area is 156 Å². The number of anilines is 1. The molecule has 1 atom stereocenters. The number of fused-ring (bicyclic) bond motifs is 1. The molecule has 1 aromatic heterocycles. The van der Waals surface area contributed by atoms with E-state index in [-0.39, 0.29) is 0 Å². The summed E-state index contributed by atoms with van der Waals surface area (Å²) in [5.41, 5.74) is 2.51. The number of aliphatic carboxylic acids is 1. The van der Waals surface area contributed by atoms with Gasteiger partial charge in [0.05, 0.1) is 6.73 Å². The first kappa shape index (κ1) is 20.6. The Morgan fingerprint density at radius 2 is 2.12 bits per heavy atom. The minimum atomic E-state index is -0.795. The molecule has 1 aromatic rings. The molecule has 2 rings (SSSR count). The minimum absolute atomic E-state index is 0.302. The Hall–Kier alpha value is -1.66. The zero-order valence-corrected chi connectivity index (χ0v) is 15.9. The van der Waals surface area contributed by atoms with Crippen LogP contribution in [0.2, 0.25) is 0 Å². The van der Waals surface area contributed by atoms with Crippen LogP contribution in [-0.2, 0) is 22.4 Å². The topological polar surface area (TPSA) is 83.5 Å². The Morgan fingerprint density at radius 3 is 2.92 bits per heavy atom. The third kappa shape index (κ3) is 7.30. The van der Waals surface area contributed by atoms with E-state index in [1.165, 1.54) is 17.7 Å². The number of unbranched alkanes of at least 4 members (excludes halogenated alkanes) is 4. The molecule has 1 aliphatic heterocycles. The number of rotatable bonds is 13. The number of carboxylic acid groups (broad SMARTS) is 1. The summed E-state index contributed by atoms with van der Waals surface area (Å²) in [6.07, 6.45) is 9.43. The number of aryl methyl sites for hydroxylation is 2. The summed E-state index contributed by atoms with van der Waals surface area (Å²) in [6, 6.07) is 3.87. The fourth-order valence-electron chi connectivity index (χ4n) is 3.27. The smallest absolute Gasteiger partial charge is 0.320 e. The molecule has 0 bridgehead atoms. The fraction of sp³-hybridized carbons (Fsp3) is 0.700. The number of nitrogens with one attached hydrogen (secondary N) is 2. The van der Waals surface area contributed by atoms with Crippen molar-refractivity contribution in [2.24, 2.45) is 0 Å². The molecular weight excluding hydrogens is 330 g/mol. The van der Waals surface area contributed by atoms with E-state index < -0.39 is 12.0 Å². The summed E-state index contributed by atoms with van der Waals surface area (Å²) in [5, 5.41) is 15.5. The zero-order chi connectivity index (χ0) is 18.6. The Kier molecular flexibility index (Phi) is 9.42. The Bertz CT molecular complexity index is 551. The number of aromatic nitrogens is 1. The molecule has 0 spiro atoms. The van der Waals surface area contributed by atoms with E-state index in [1.54, 1.807) is 0 Å². The van der Waals surface area contributed by atoms with Crippen molar-refractivity contribution in [3.63, 3.8) is 0 Å². The van der Waals surface area contributed by atoms with Gasteiger partial charge in [0.25, 0.3) is 0 Å². The van der Waals surface area contributed by atoms with E-state index in [2.05, 4.69) is 22.8 Å². The summed E-state index contributed by atoms with van der Waals surface area (Å²) >= 11 is 0. The maximum absolute atomic E-state index is 11.2. The quantitative estimate of drug-likeness (QED) is 0.368. The molecule has 1 unspecified atom stereocenters. The average Bonchev–Trinajstić information content (AvgIpc) is 2.65. The van der Waals surface area contributed by atoms with E-state index in [4.69, 9.17) is 9.72 Å². The van der Waals surface area contributed by atoms with E-state index in [0.717, 1.165) is 57.3 Å². The van der Waals surface area contributed by atoms with Crippen LogP contribution in [0.15, 0.2) is 12.1 Å². The third-order valence-electron chi connectivity index (χ3n) is 4.81. The van der Waals surface area contributed by atoms with Crippen LogP contribution in [-0.4, -0.2) is 42.0 Å². The normalized spacial score (nSPS) is 14.5. The summed E-state index contributed by atoms with van der Waals surface area (Å²) in [7, 11) is 0. The molecule has 0 fully saturated rings. The molecule has 0 saturated carbocycles. The van der Waals surface area contributed by atoms with E-state index in [0.29, 0.717) is 19.8 Å². The SMILES string of the molecule is CCOCNC(CCCCCCCc1ccc2c(n1)NCCC2)C(=O)O. The molecule has 146 valence electrons. The van der Waals surface area contributed by atoms with Crippen LogP contribution in [0.25, 0.3) is 0 Å². The summed E-state index contributed by atoms with van der Waals surface area (Å²) in [6.45, 7) is 3.82. The van der Waals surface area contributed by atoms with Crippen molar-refractivity contribution >= 4 is 11.8 Å². The van der Waals surface area contributed by atoms with Gasteiger partial charge in [-0.3, -0.25) is 10.1 Å². The molecule has 2 heterocycles. The van der Waals surface area contributed by atoms with Crippen LogP contribution in [0.4, 0.5) is 5.82 Å². The molecular formula is C20H33N3O3. The van der Waals surface area contributed by atoms with Crippen LogP contribution in [0.3, 0.4) is 0 Å². The highest BCUT2D eigenvalue weighted by molar-refractivity contribution is 5.73. The van der Waals surface area contributed by atoms with Gasteiger partial charge in [0.1, 0.15) is 11.9 Å². The highest BCUT2D eigenvalue weighted by atomic mass is 16.5. The fourth-order valence-corrected chi connectivity index (χ4v) is 3.27. The van der Waals surface area contributed by atoms with Gasteiger partial charge in [-0.1, -0.05) is 31.7 Å². The van der Waals surface area contributed by atoms with Crippen molar-refractivity contribution < 1.29 is 14.6 Å². The van der Waals surface area contributed by atoms with E-state index in [1.807, 2.05) is 6.92 Å². The Balaban J connectivity index is 1.55. The summed E-state index contributed by atoms with van der Waals surface area (Å²) < 4.78 is 5.17. The maximum Gasteiger partial charge on any atom is 0.320 e. The lowest BCUT2D eigenvalue weighted by Crippen LogP contribution is -2.38. The van der Waals surface area contributed by atoms with Gasteiger partial charge in [0.2, 0.25) is 0 Å². The molecule has 0 amide bonds. The predicted molar refractivity (Wildman–Crippen MR) is 104 cm³/mol. The van der Waals surface area contributed by atoms with E-state index >= 15 is 0 Å². The molecule has 3 N–H and O–H groups in total. The molecule has 6 heteroatoms. The van der Waals surface area contributed by atoms with Crippen LogP contribution in [0, 0.1) is 0 Å². The summed E-state index contributed by atoms with van der Waals surface area (Å²) in [5.74, 6) is 0.282. The van der Waals surface area contributed by atoms with Crippen LogP contribution >= 0.6 is 0 Å². The predicted octanol–water partition coefficient (Wildman–Crippen LogP) is 3.36. The van der Waals surface area contributed by atoms with Gasteiger partial charge in [-0.05, 0) is 50.7 Å². The molecule has 1 aliphatic rings. The van der Waals surface area contributed by atoms with Crippen molar-refractivity contribution in [3.8, 4) is 0 Å². The lowest BCUT2D eigenvalue weighted by atomic mass is 10.0. The zero-order valence-electron chi connectivity index (χ0n) is 15.9. The lowest BCUT2D eigenvalue weighted by Gasteiger charge is -2.17. The molecule has 6 nitrogen and oxygen atoms in total. The van der Waals surface area contributed by atoms with Gasteiger partial charge < -0.3 is 15.2 Å². The largest absolute Gasteiger partial charge is 0.480 e. The first-order valence-electron chi connectivity index (χ1n) is 9.97. The standard InChI is InChI=1S/C20H33N3O3/c1-2-26-15-22-18(20(24)25)11-7-5-3-4-6-10-17-13-12-16-9-8-14-21-19(16)23-17/h12-13,18,22H,2-11,14-15H2,1H3,(H,21,23)(H,24,25). The van der Waals surface area contributed by atoms with Crippen LogP contribution in [0.5, 0.6) is 0 Å². The highest BCUT2D eigenvalue weighted by Crippen LogP contribution is 2.20. The second-order valence-electron chi connectivity index (χ2n) is 6.88. The van der Waals surface area contributed by atoms with Crippen molar-refractivity contribution in [1.29, 1.82) is 0 Å². The first-order valence-corrected chi connectivity index (χ1v) is 9.97. The maximum atomic E-state index is 11.2. The Morgan fingerprint density at radius 1 is 1.31 bits per heavy atom. The second-order valence-corrected chi connectivity index (χ2v) is 6.88. The number of pyridine rings is 1. The number of carboxylic acids is 1. The van der Waals surface area contributed by atoms with Gasteiger partial charge in [0.15, 0.2) is 0 Å². The first-order chi connectivity index (χ1) is 12.7. The highest BCUT2D eigenvalue weighted by Gasteiger charge is 2.15. The number of ether oxygens (including phenoxy) is 1. The molecule has 26 heavy (non-hydrogen) atoms. The van der Waals surface area contributed by atoms with Gasteiger partial charge in [-0.25, -0.2) is 4.98 Å². The molecule has 0 radical (unpaired) electrons. The number of nitrogens with zero attached hydrogens (tertiary/aromatic N) is 1. The van der Waals surface area contributed by atoms with Crippen molar-refractivity contribution in [2.45, 2.75) is 70.8 Å². The second kappa shape index (κ2) is 11.9. The van der Waals surface area contributed by atoms with Crippen molar-refractivity contribution in [2.75, 3.05) is 25.2 Å². The molecule has 0 aromatic carbocycles. The minimum Gasteiger partial charge on any atom is -0.480 e. The molecule has 0 saturated heterocycles. The van der Waals surface area contributed by atoms with Crippen LogP contribution < -0.4 is 10.6 Å². The number of hydrogen-bond acceptors (Lipinski definition) is 5. The summed E-state index contributed by atoms with van der Waals surface area (Å²) in [4.78, 5) is 15.9. The van der Waals surface area contributed by atoms with Gasteiger partial charge in [0, 0.05) is 18.8 Å². The third-order valence-corrected chi connectivity index (χ3v) is 4.81. The monoisotopic (exact) mass is 363 g/mol. The lowest BCUT2D eigenvalue weighted by molar-refractivity contribution is -0.140. The average molecular weight is 364 g/mol. The van der Waals surface area contributed by atoms with Crippen molar-refractivity contribution in [3.05, 3.63) is 23.4 Å². The van der Waals surface area contributed by atoms with E-state index in [9.17, 15) is 9.90 Å². The number of carbonyl (C=O) groups is 1. The number of hydrogen-bond donors (Lipinski definition) is 3. The van der Waals surface area contributed by atoms with Gasteiger partial charge >= 0.3 is 5.97 Å². The van der Waals surface area contributed by atoms with Crippen molar-refractivity contribution in [1.82, 2.24) is 10.3 Å². The van der Waals surface area contributed by atoms with Gasteiger partial charge in [-0.2, -0.15) is 0 Å². The van der Waals surface area contributed by atoms with Gasteiger partial charge in [-0.15, -0.1) is 0 Å². The molecule has 0 aliphatic carbocycles. The van der Waals surface area contributed by atoms with Crippen LogP contribution in [0.1, 0.15) is 63.1 Å².